The Morgan fingerprint density at radius 1 is 1.21 bits per heavy atom. The molecule has 0 bridgehead atoms. The average molecular weight is 198 g/mol. The summed E-state index contributed by atoms with van der Waals surface area (Å²) < 4.78 is 10.2. The van der Waals surface area contributed by atoms with Crippen molar-refractivity contribution in [1.82, 2.24) is 0 Å². The summed E-state index contributed by atoms with van der Waals surface area (Å²) in [5.41, 5.74) is 1.11. The molecule has 0 saturated carbocycles. The summed E-state index contributed by atoms with van der Waals surface area (Å²) in [5.74, 6) is 1.01. The van der Waals surface area contributed by atoms with Crippen LogP contribution in [0.15, 0.2) is 6.07 Å². The number of phenols is 1. The van der Waals surface area contributed by atoms with Gasteiger partial charge >= 0.3 is 0 Å². The van der Waals surface area contributed by atoms with Gasteiger partial charge < -0.3 is 19.7 Å². The van der Waals surface area contributed by atoms with Gasteiger partial charge in [0.1, 0.15) is 5.75 Å². The van der Waals surface area contributed by atoms with Crippen molar-refractivity contribution in [3.05, 3.63) is 17.2 Å². The van der Waals surface area contributed by atoms with Gasteiger partial charge in [-0.25, -0.2) is 0 Å². The van der Waals surface area contributed by atoms with Gasteiger partial charge in [0.25, 0.3) is 0 Å². The molecule has 0 atom stereocenters. The van der Waals surface area contributed by atoms with E-state index in [2.05, 4.69) is 0 Å². The standard InChI is InChI=1S/C10H14O4/c1-6-8(12)4-7(5-11)10(14-3)9(6)13-2/h4,11-12H,5H2,1-3H3. The summed E-state index contributed by atoms with van der Waals surface area (Å²) in [6.45, 7) is 1.52. The first-order valence-electron chi connectivity index (χ1n) is 4.20. The van der Waals surface area contributed by atoms with Crippen molar-refractivity contribution in [2.75, 3.05) is 14.2 Å². The van der Waals surface area contributed by atoms with Crippen LogP contribution in [-0.4, -0.2) is 24.4 Å². The van der Waals surface area contributed by atoms with Crippen LogP contribution in [0.3, 0.4) is 0 Å². The monoisotopic (exact) mass is 198 g/mol. The van der Waals surface area contributed by atoms with Gasteiger partial charge in [-0.1, -0.05) is 0 Å². The van der Waals surface area contributed by atoms with Gasteiger partial charge in [-0.2, -0.15) is 0 Å². The molecule has 0 saturated heterocycles. The number of rotatable bonds is 3. The van der Waals surface area contributed by atoms with Crippen LogP contribution in [0.4, 0.5) is 0 Å². The Morgan fingerprint density at radius 3 is 2.21 bits per heavy atom. The third-order valence-electron chi connectivity index (χ3n) is 2.11. The van der Waals surface area contributed by atoms with E-state index in [1.54, 1.807) is 6.92 Å². The molecular weight excluding hydrogens is 184 g/mol. The maximum Gasteiger partial charge on any atom is 0.167 e. The van der Waals surface area contributed by atoms with Crippen LogP contribution in [0.1, 0.15) is 11.1 Å². The lowest BCUT2D eigenvalue weighted by molar-refractivity contribution is 0.268. The molecule has 0 heterocycles. The highest BCUT2D eigenvalue weighted by molar-refractivity contribution is 5.57. The molecule has 0 spiro atoms. The van der Waals surface area contributed by atoms with Gasteiger partial charge in [0, 0.05) is 11.1 Å². The minimum atomic E-state index is -0.201. The lowest BCUT2D eigenvalue weighted by atomic mass is 10.1. The molecule has 0 unspecified atom stereocenters. The number of ether oxygens (including phenoxy) is 2. The first kappa shape index (κ1) is 10.7. The van der Waals surface area contributed by atoms with E-state index in [-0.39, 0.29) is 12.4 Å². The van der Waals surface area contributed by atoms with Crippen molar-refractivity contribution in [3.63, 3.8) is 0 Å². The predicted octanol–water partition coefficient (Wildman–Crippen LogP) is 1.21. The van der Waals surface area contributed by atoms with E-state index in [0.717, 1.165) is 0 Å². The highest BCUT2D eigenvalue weighted by Gasteiger charge is 2.15. The summed E-state index contributed by atoms with van der Waals surface area (Å²) >= 11 is 0. The van der Waals surface area contributed by atoms with E-state index >= 15 is 0 Å². The third-order valence-corrected chi connectivity index (χ3v) is 2.11. The maximum absolute atomic E-state index is 9.52. The SMILES string of the molecule is COc1c(CO)cc(O)c(C)c1OC. The average Bonchev–Trinajstić information content (AvgIpc) is 2.20. The van der Waals surface area contributed by atoms with Crippen molar-refractivity contribution in [1.29, 1.82) is 0 Å². The Hall–Kier alpha value is -1.42. The Labute approximate surface area is 82.7 Å². The Balaban J connectivity index is 3.42. The molecule has 1 aromatic carbocycles. The maximum atomic E-state index is 9.52. The van der Waals surface area contributed by atoms with E-state index in [1.807, 2.05) is 0 Å². The van der Waals surface area contributed by atoms with Gasteiger partial charge in [0.2, 0.25) is 0 Å². The topological polar surface area (TPSA) is 58.9 Å². The fraction of sp³-hybridized carbons (Fsp3) is 0.400. The summed E-state index contributed by atoms with van der Waals surface area (Å²) in [6, 6.07) is 1.47. The van der Waals surface area contributed by atoms with Crippen LogP contribution in [0, 0.1) is 6.92 Å². The smallest absolute Gasteiger partial charge is 0.167 e. The van der Waals surface area contributed by atoms with Crippen LogP contribution < -0.4 is 9.47 Å². The Bertz CT molecular complexity index is 333. The number of aliphatic hydroxyl groups excluding tert-OH is 1. The second-order valence-corrected chi connectivity index (χ2v) is 2.90. The van der Waals surface area contributed by atoms with Crippen molar-refractivity contribution in [2.45, 2.75) is 13.5 Å². The minimum absolute atomic E-state index is 0.0895. The second kappa shape index (κ2) is 4.19. The summed E-state index contributed by atoms with van der Waals surface area (Å²) in [6.07, 6.45) is 0. The van der Waals surface area contributed by atoms with Crippen molar-refractivity contribution in [2.24, 2.45) is 0 Å². The fourth-order valence-corrected chi connectivity index (χ4v) is 1.36. The van der Waals surface area contributed by atoms with Crippen LogP contribution in [0.2, 0.25) is 0 Å². The molecule has 4 nitrogen and oxygen atoms in total. The van der Waals surface area contributed by atoms with Gasteiger partial charge in [-0.15, -0.1) is 0 Å². The molecule has 0 aromatic heterocycles. The first-order chi connectivity index (χ1) is 6.65. The zero-order valence-corrected chi connectivity index (χ0v) is 8.50. The number of methoxy groups -OCH3 is 2. The summed E-state index contributed by atoms with van der Waals surface area (Å²) in [4.78, 5) is 0. The number of phenolic OH excluding ortho intramolecular Hbond substituents is 1. The van der Waals surface area contributed by atoms with Crippen LogP contribution in [0.5, 0.6) is 17.2 Å². The van der Waals surface area contributed by atoms with Gasteiger partial charge in [0.15, 0.2) is 11.5 Å². The third kappa shape index (κ3) is 1.61. The van der Waals surface area contributed by atoms with E-state index in [0.29, 0.717) is 22.6 Å². The Morgan fingerprint density at radius 2 is 1.79 bits per heavy atom. The van der Waals surface area contributed by atoms with Gasteiger partial charge in [-0.05, 0) is 13.0 Å². The number of aromatic hydroxyl groups is 1. The molecule has 78 valence electrons. The largest absolute Gasteiger partial charge is 0.508 e. The second-order valence-electron chi connectivity index (χ2n) is 2.90. The normalized spacial score (nSPS) is 10.0. The predicted molar refractivity (Wildman–Crippen MR) is 51.9 cm³/mol. The van der Waals surface area contributed by atoms with Gasteiger partial charge in [-0.3, -0.25) is 0 Å². The molecule has 1 rings (SSSR count). The summed E-state index contributed by atoms with van der Waals surface area (Å²) in [5, 5.41) is 18.6. The quantitative estimate of drug-likeness (QED) is 0.766. The first-order valence-corrected chi connectivity index (χ1v) is 4.20. The van der Waals surface area contributed by atoms with E-state index in [1.165, 1.54) is 20.3 Å². The molecule has 0 aliphatic carbocycles. The van der Waals surface area contributed by atoms with Crippen molar-refractivity contribution >= 4 is 0 Å². The zero-order chi connectivity index (χ0) is 10.7. The number of hydrogen-bond donors (Lipinski definition) is 2. The fourth-order valence-electron chi connectivity index (χ4n) is 1.36. The minimum Gasteiger partial charge on any atom is -0.508 e. The molecule has 0 radical (unpaired) electrons. The van der Waals surface area contributed by atoms with Gasteiger partial charge in [0.05, 0.1) is 20.8 Å². The molecule has 14 heavy (non-hydrogen) atoms. The van der Waals surface area contributed by atoms with Crippen LogP contribution >= 0.6 is 0 Å². The van der Waals surface area contributed by atoms with Crippen LogP contribution in [0.25, 0.3) is 0 Å². The number of aliphatic hydroxyl groups is 1. The highest BCUT2D eigenvalue weighted by Crippen LogP contribution is 2.39. The molecule has 0 amide bonds. The molecule has 0 fully saturated rings. The van der Waals surface area contributed by atoms with E-state index in [4.69, 9.17) is 14.6 Å². The lowest BCUT2D eigenvalue weighted by Crippen LogP contribution is -1.98. The van der Waals surface area contributed by atoms with Crippen molar-refractivity contribution < 1.29 is 19.7 Å². The molecule has 4 heteroatoms. The lowest BCUT2D eigenvalue weighted by Gasteiger charge is -2.14. The molecular formula is C10H14O4. The number of benzene rings is 1. The highest BCUT2D eigenvalue weighted by atomic mass is 16.5. The molecule has 1 aromatic rings. The van der Waals surface area contributed by atoms with Crippen molar-refractivity contribution in [3.8, 4) is 17.2 Å². The molecule has 2 N–H and O–H groups in total. The van der Waals surface area contributed by atoms with E-state index < -0.39 is 0 Å². The molecule has 0 aliphatic rings. The van der Waals surface area contributed by atoms with E-state index in [9.17, 15) is 5.11 Å². The Kier molecular flexibility index (Phi) is 3.19. The molecule has 0 aliphatic heterocycles. The summed E-state index contributed by atoms with van der Waals surface area (Å²) in [7, 11) is 2.99. The zero-order valence-electron chi connectivity index (χ0n) is 8.50. The number of hydrogen-bond acceptors (Lipinski definition) is 4. The van der Waals surface area contributed by atoms with Crippen LogP contribution in [-0.2, 0) is 6.61 Å².